The van der Waals surface area contributed by atoms with Crippen molar-refractivity contribution in [2.75, 3.05) is 0 Å². The molecule has 0 aromatic heterocycles. The zero-order chi connectivity index (χ0) is 28.7. The van der Waals surface area contributed by atoms with Crippen molar-refractivity contribution in [2.24, 2.45) is 11.7 Å². The van der Waals surface area contributed by atoms with Crippen molar-refractivity contribution in [3.8, 4) is 11.5 Å². The predicted octanol–water partition coefficient (Wildman–Crippen LogP) is 5.52. The largest absolute Gasteiger partial charge is 0.480 e. The van der Waals surface area contributed by atoms with Crippen molar-refractivity contribution in [2.45, 2.75) is 117 Å². The SMILES string of the molecule is CCCCCC(=O)Oc1ccc(C(C(C)C(C)OC(=O)CCC)[C@H](N)C(=O)O)cc1OC(=O)CCCCC. The van der Waals surface area contributed by atoms with Crippen LogP contribution < -0.4 is 15.2 Å². The molecule has 1 rings (SSSR count). The number of hydrogen-bond donors (Lipinski definition) is 2. The molecule has 38 heavy (non-hydrogen) atoms. The molecule has 0 amide bonds. The Morgan fingerprint density at radius 1 is 0.789 bits per heavy atom. The van der Waals surface area contributed by atoms with E-state index in [9.17, 15) is 24.3 Å². The van der Waals surface area contributed by atoms with E-state index in [-0.39, 0.29) is 36.7 Å². The zero-order valence-electron chi connectivity index (χ0n) is 23.5. The summed E-state index contributed by atoms with van der Waals surface area (Å²) in [5.41, 5.74) is 6.57. The highest BCUT2D eigenvalue weighted by atomic mass is 16.6. The molecule has 0 saturated heterocycles. The van der Waals surface area contributed by atoms with Gasteiger partial charge in [0.05, 0.1) is 0 Å². The van der Waals surface area contributed by atoms with Crippen molar-refractivity contribution in [1.29, 1.82) is 0 Å². The summed E-state index contributed by atoms with van der Waals surface area (Å²) in [7, 11) is 0. The maximum Gasteiger partial charge on any atom is 0.321 e. The van der Waals surface area contributed by atoms with Gasteiger partial charge >= 0.3 is 23.9 Å². The molecule has 0 fully saturated rings. The Balaban J connectivity index is 3.36. The van der Waals surface area contributed by atoms with E-state index < -0.39 is 41.9 Å². The molecule has 0 spiro atoms. The fourth-order valence-corrected chi connectivity index (χ4v) is 4.14. The number of benzene rings is 1. The molecule has 0 aliphatic rings. The summed E-state index contributed by atoms with van der Waals surface area (Å²) in [5.74, 6) is -3.69. The number of carboxylic acids is 1. The van der Waals surface area contributed by atoms with Gasteiger partial charge in [-0.25, -0.2) is 0 Å². The van der Waals surface area contributed by atoms with Crippen LogP contribution in [0.3, 0.4) is 0 Å². The molecule has 0 radical (unpaired) electrons. The molecule has 0 bridgehead atoms. The first-order chi connectivity index (χ1) is 18.0. The number of aliphatic carboxylic acids is 1. The van der Waals surface area contributed by atoms with Crippen LogP contribution in [0.2, 0.25) is 0 Å². The number of carbonyl (C=O) groups is 4. The van der Waals surface area contributed by atoms with E-state index in [0.717, 1.165) is 25.7 Å². The summed E-state index contributed by atoms with van der Waals surface area (Å²) in [6.45, 7) is 9.38. The third-order valence-corrected chi connectivity index (χ3v) is 6.52. The van der Waals surface area contributed by atoms with Crippen LogP contribution in [0.5, 0.6) is 11.5 Å². The molecule has 3 N–H and O–H groups in total. The average Bonchev–Trinajstić information content (AvgIpc) is 2.85. The van der Waals surface area contributed by atoms with E-state index in [4.69, 9.17) is 19.9 Å². The average molecular weight is 536 g/mol. The summed E-state index contributed by atoms with van der Waals surface area (Å²) in [5, 5.41) is 9.73. The highest BCUT2D eigenvalue weighted by Crippen LogP contribution is 2.37. The van der Waals surface area contributed by atoms with Crippen LogP contribution in [0.15, 0.2) is 18.2 Å². The van der Waals surface area contributed by atoms with Crippen LogP contribution in [0, 0.1) is 5.92 Å². The maximum absolute atomic E-state index is 12.5. The van der Waals surface area contributed by atoms with Crippen LogP contribution in [0.25, 0.3) is 0 Å². The van der Waals surface area contributed by atoms with E-state index in [0.29, 0.717) is 24.8 Å². The van der Waals surface area contributed by atoms with Gasteiger partial charge in [-0.3, -0.25) is 19.2 Å². The molecule has 3 unspecified atom stereocenters. The molecular weight excluding hydrogens is 490 g/mol. The monoisotopic (exact) mass is 535 g/mol. The van der Waals surface area contributed by atoms with Gasteiger partial charge in [0.1, 0.15) is 12.1 Å². The van der Waals surface area contributed by atoms with Crippen molar-refractivity contribution >= 4 is 23.9 Å². The molecular formula is C29H45NO8. The second kappa shape index (κ2) is 17.5. The van der Waals surface area contributed by atoms with Crippen LogP contribution in [-0.2, 0) is 23.9 Å². The third kappa shape index (κ3) is 11.2. The number of rotatable bonds is 18. The number of esters is 3. The molecule has 9 heteroatoms. The molecule has 1 aromatic rings. The summed E-state index contributed by atoms with van der Waals surface area (Å²) >= 11 is 0. The maximum atomic E-state index is 12.5. The van der Waals surface area contributed by atoms with Crippen molar-refractivity contribution in [3.63, 3.8) is 0 Å². The van der Waals surface area contributed by atoms with E-state index in [2.05, 4.69) is 0 Å². The number of carboxylic acid groups (broad SMARTS) is 1. The minimum atomic E-state index is -1.33. The molecule has 0 heterocycles. The number of unbranched alkanes of at least 4 members (excludes halogenated alkanes) is 4. The molecule has 0 aliphatic carbocycles. The predicted molar refractivity (Wildman–Crippen MR) is 144 cm³/mol. The zero-order valence-corrected chi connectivity index (χ0v) is 23.5. The Hall–Kier alpha value is -2.94. The first kappa shape index (κ1) is 33.1. The van der Waals surface area contributed by atoms with E-state index >= 15 is 0 Å². The second-order valence-electron chi connectivity index (χ2n) is 9.76. The molecule has 0 saturated carbocycles. The van der Waals surface area contributed by atoms with Gasteiger partial charge < -0.3 is 25.1 Å². The van der Waals surface area contributed by atoms with Gasteiger partial charge in [0.25, 0.3) is 0 Å². The Morgan fingerprint density at radius 3 is 1.84 bits per heavy atom. The first-order valence-electron chi connectivity index (χ1n) is 13.8. The van der Waals surface area contributed by atoms with Gasteiger partial charge in [0.2, 0.25) is 0 Å². The van der Waals surface area contributed by atoms with Crippen molar-refractivity contribution < 1.29 is 38.5 Å². The lowest BCUT2D eigenvalue weighted by molar-refractivity contribution is -0.151. The second-order valence-corrected chi connectivity index (χ2v) is 9.76. The Labute approximate surface area is 226 Å². The Morgan fingerprint density at radius 2 is 1.34 bits per heavy atom. The minimum Gasteiger partial charge on any atom is -0.480 e. The van der Waals surface area contributed by atoms with Gasteiger partial charge in [-0.15, -0.1) is 0 Å². The van der Waals surface area contributed by atoms with Crippen LogP contribution >= 0.6 is 0 Å². The number of ether oxygens (including phenoxy) is 3. The lowest BCUT2D eigenvalue weighted by Crippen LogP contribution is -2.42. The number of nitrogens with two attached hydrogens (primary N) is 1. The fraction of sp³-hybridized carbons (Fsp3) is 0.655. The van der Waals surface area contributed by atoms with Gasteiger partial charge in [0.15, 0.2) is 11.5 Å². The molecule has 9 nitrogen and oxygen atoms in total. The Bertz CT molecular complexity index is 916. The summed E-state index contributed by atoms with van der Waals surface area (Å²) in [4.78, 5) is 48.9. The minimum absolute atomic E-state index is 0.0262. The highest BCUT2D eigenvalue weighted by Gasteiger charge is 2.35. The summed E-state index contributed by atoms with van der Waals surface area (Å²) < 4.78 is 16.6. The van der Waals surface area contributed by atoms with Crippen LogP contribution in [0.4, 0.5) is 0 Å². The normalized spacial score (nSPS) is 14.2. The molecule has 0 aliphatic heterocycles. The van der Waals surface area contributed by atoms with E-state index in [1.165, 1.54) is 12.1 Å². The lowest BCUT2D eigenvalue weighted by atomic mass is 9.79. The summed E-state index contributed by atoms with van der Waals surface area (Å²) in [6, 6.07) is 3.27. The highest BCUT2D eigenvalue weighted by molar-refractivity contribution is 5.77. The smallest absolute Gasteiger partial charge is 0.321 e. The Kier molecular flexibility index (Phi) is 15.3. The lowest BCUT2D eigenvalue weighted by Gasteiger charge is -2.32. The van der Waals surface area contributed by atoms with Crippen LogP contribution in [-0.4, -0.2) is 41.1 Å². The number of carbonyl (C=O) groups excluding carboxylic acids is 3. The first-order valence-corrected chi connectivity index (χ1v) is 13.8. The molecule has 214 valence electrons. The number of hydrogen-bond acceptors (Lipinski definition) is 8. The summed E-state index contributed by atoms with van der Waals surface area (Å²) in [6.07, 6.45) is 5.68. The van der Waals surface area contributed by atoms with Gasteiger partial charge in [-0.1, -0.05) is 59.4 Å². The molecule has 4 atom stereocenters. The van der Waals surface area contributed by atoms with Crippen LogP contribution in [0.1, 0.15) is 110 Å². The quantitative estimate of drug-likeness (QED) is 0.141. The van der Waals surface area contributed by atoms with Crippen molar-refractivity contribution in [3.05, 3.63) is 23.8 Å². The fourth-order valence-electron chi connectivity index (χ4n) is 4.14. The van der Waals surface area contributed by atoms with E-state index in [1.807, 2.05) is 20.8 Å². The standard InChI is InChI=1S/C29H45NO8/c1-6-9-11-14-25(32)37-22-17-16-21(18-23(22)38-26(33)15-12-10-7-2)27(28(30)29(34)35)19(4)20(5)36-24(31)13-8-3/h16-20,27-28H,6-15,30H2,1-5H3,(H,34,35)/t19?,20?,27?,28-/m0/s1. The topological polar surface area (TPSA) is 142 Å². The van der Waals surface area contributed by atoms with Gasteiger partial charge in [-0.05, 0) is 43.9 Å². The van der Waals surface area contributed by atoms with Crippen molar-refractivity contribution in [1.82, 2.24) is 0 Å². The van der Waals surface area contributed by atoms with E-state index in [1.54, 1.807) is 19.9 Å². The molecule has 1 aromatic carbocycles. The van der Waals surface area contributed by atoms with Gasteiger partial charge in [0, 0.05) is 31.1 Å². The van der Waals surface area contributed by atoms with Gasteiger partial charge in [-0.2, -0.15) is 0 Å². The third-order valence-electron chi connectivity index (χ3n) is 6.52.